The quantitative estimate of drug-likeness (QED) is 0.0972. The summed E-state index contributed by atoms with van der Waals surface area (Å²) in [6.07, 6.45) is -0.842. The van der Waals surface area contributed by atoms with Crippen molar-refractivity contribution in [2.45, 2.75) is 198 Å². The van der Waals surface area contributed by atoms with Crippen LogP contribution in [-0.4, -0.2) is 153 Å². The Bertz CT molecular complexity index is 1850. The fourth-order valence-electron chi connectivity index (χ4n) is 9.50. The Hall–Kier alpha value is -4.16. The molecule has 17 nitrogen and oxygen atoms in total. The normalized spacial score (nSPS) is 31.8. The van der Waals surface area contributed by atoms with Crippen molar-refractivity contribution >= 4 is 29.4 Å². The average molecular weight is 936 g/mol. The van der Waals surface area contributed by atoms with Crippen LogP contribution in [0.15, 0.2) is 30.5 Å². The molecule has 3 N–H and O–H groups in total. The first kappa shape index (κ1) is 61.8. The highest BCUT2D eigenvalue weighted by atomic mass is 16.7. The molecule has 380 valence electrons. The van der Waals surface area contributed by atoms with Gasteiger partial charge in [-0.15, -0.1) is 5.10 Å². The van der Waals surface area contributed by atoms with Gasteiger partial charge in [0.25, 0.3) is 0 Å². The molecule has 3 fully saturated rings. The topological polar surface area (TPSA) is 201 Å². The van der Waals surface area contributed by atoms with Crippen LogP contribution in [0.1, 0.15) is 131 Å². The first-order valence-corrected chi connectivity index (χ1v) is 21.7. The van der Waals surface area contributed by atoms with Crippen LogP contribution in [0.2, 0.25) is 0 Å². The lowest BCUT2D eigenvalue weighted by Crippen LogP contribution is -2.62. The molecule has 3 unspecified atom stereocenters. The number of nitrogen functional groups attached to an aromatic ring is 1. The zero-order chi connectivity index (χ0) is 45.0. The van der Waals surface area contributed by atoms with Gasteiger partial charge in [0, 0.05) is 57.4 Å². The van der Waals surface area contributed by atoms with Gasteiger partial charge in [-0.3, -0.25) is 24.0 Å². The molecule has 0 aliphatic carbocycles. The van der Waals surface area contributed by atoms with Crippen molar-refractivity contribution in [1.82, 2.24) is 29.7 Å². The summed E-state index contributed by atoms with van der Waals surface area (Å²) < 4.78 is 33.0. The number of nitrogens with two attached hydrogens (primary N) is 1. The summed E-state index contributed by atoms with van der Waals surface area (Å²) in [5.74, 6) is -2.87. The number of ketones is 1. The summed E-state index contributed by atoms with van der Waals surface area (Å²) in [7, 11) is 5.29. The van der Waals surface area contributed by atoms with Gasteiger partial charge in [0.15, 0.2) is 11.9 Å². The summed E-state index contributed by atoms with van der Waals surface area (Å²) in [6.45, 7) is 15.3. The average Bonchev–Trinajstić information content (AvgIpc) is 3.78. The number of methoxy groups -OCH3 is 1. The number of amides is 2. The van der Waals surface area contributed by atoms with Crippen molar-refractivity contribution in [3.05, 3.63) is 30.5 Å². The van der Waals surface area contributed by atoms with Crippen molar-refractivity contribution in [2.75, 3.05) is 40.0 Å². The largest absolute Gasteiger partial charge is 0.458 e. The van der Waals surface area contributed by atoms with Gasteiger partial charge in [-0.25, -0.2) is 4.79 Å². The molecule has 5 rings (SSSR count). The van der Waals surface area contributed by atoms with E-state index >= 15 is 0 Å². The van der Waals surface area contributed by atoms with Crippen molar-refractivity contribution in [3.8, 4) is 11.3 Å². The molecule has 4 heterocycles. The van der Waals surface area contributed by atoms with E-state index in [1.165, 1.54) is 21.0 Å². The molecule has 17 heteroatoms. The molecule has 3 saturated heterocycles. The van der Waals surface area contributed by atoms with Crippen LogP contribution in [0.5, 0.6) is 0 Å². The number of aryl methyl sites for hydroxylation is 1. The number of likely N-dealkylation sites (N-methyl/N-ethyl adjacent to an activating group) is 1. The molecule has 0 radical (unpaired) electrons. The number of hydrogen-bond donors (Lipinski definition) is 2. The second-order valence-corrected chi connectivity index (χ2v) is 18.1. The molecule has 0 saturated carbocycles. The van der Waals surface area contributed by atoms with Crippen molar-refractivity contribution in [2.24, 2.45) is 11.8 Å². The van der Waals surface area contributed by atoms with E-state index in [1.807, 2.05) is 84.1 Å². The van der Waals surface area contributed by atoms with Crippen LogP contribution in [0.3, 0.4) is 0 Å². The number of hydrogen-bond acceptors (Lipinski definition) is 14. The van der Waals surface area contributed by atoms with Crippen LogP contribution in [0, 0.1) is 11.8 Å². The van der Waals surface area contributed by atoms with Crippen molar-refractivity contribution in [1.29, 1.82) is 0 Å². The Kier molecular flexibility index (Phi) is 24.2. The maximum absolute atomic E-state index is 14.1. The fourth-order valence-corrected chi connectivity index (χ4v) is 9.50. The minimum Gasteiger partial charge on any atom is -0.458 e. The summed E-state index contributed by atoms with van der Waals surface area (Å²) in [5.41, 5.74) is 5.63. The lowest BCUT2D eigenvalue weighted by Gasteiger charge is -2.46. The summed E-state index contributed by atoms with van der Waals surface area (Å²) >= 11 is 0. The number of cyclic esters (lactones) is 1. The zero-order valence-electron chi connectivity index (χ0n) is 37.9. The van der Waals surface area contributed by atoms with Crippen molar-refractivity contribution in [3.63, 3.8) is 0 Å². The molecule has 0 bridgehead atoms. The molecule has 1 aromatic heterocycles. The fraction of sp³-hybridized carbons (Fsp3) is 0.755. The monoisotopic (exact) mass is 936 g/mol. The number of ether oxygens (including phenoxy) is 5. The molecular weight excluding hydrogens is 847 g/mol. The first-order chi connectivity index (χ1) is 28.7. The molecule has 3 aliphatic heterocycles. The Morgan fingerprint density at radius 2 is 1.68 bits per heavy atom. The van der Waals surface area contributed by atoms with Gasteiger partial charge in [0.2, 0.25) is 5.91 Å². The minimum absolute atomic E-state index is 0. The second kappa shape index (κ2) is 25.8. The van der Waals surface area contributed by atoms with Gasteiger partial charge in [-0.2, -0.15) is 0 Å². The number of rotatable bonds is 11. The molecule has 2 amide bonds. The molecular formula is C49H89N7O10. The second-order valence-electron chi connectivity index (χ2n) is 18.1. The van der Waals surface area contributed by atoms with E-state index in [0.29, 0.717) is 50.2 Å². The van der Waals surface area contributed by atoms with Gasteiger partial charge in [0.05, 0.1) is 36.1 Å². The summed E-state index contributed by atoms with van der Waals surface area (Å²) in [4.78, 5) is 61.1. The molecule has 66 heavy (non-hydrogen) atoms. The van der Waals surface area contributed by atoms with Gasteiger partial charge >= 0.3 is 12.1 Å². The van der Waals surface area contributed by atoms with Gasteiger partial charge in [-0.1, -0.05) is 68.3 Å². The first-order valence-electron chi connectivity index (χ1n) is 21.7. The number of Topliss-reactive ketones (excluding diaryl/α,β-unsaturated/α-hetero) is 1. The van der Waals surface area contributed by atoms with Crippen LogP contribution in [0.25, 0.3) is 11.3 Å². The predicted octanol–water partition coefficient (Wildman–Crippen LogP) is 7.48. The number of esters is 1. The third-order valence-electron chi connectivity index (χ3n) is 13.1. The Balaban J connectivity index is 0.00000845. The number of carbonyl (C=O) groups is 4. The Morgan fingerprint density at radius 3 is 2.27 bits per heavy atom. The number of benzene rings is 1. The third-order valence-corrected chi connectivity index (χ3v) is 13.1. The molecule has 1 aromatic carbocycles. The molecule has 2 aromatic rings. The maximum atomic E-state index is 14.1. The Morgan fingerprint density at radius 1 is 1.03 bits per heavy atom. The number of aromatic nitrogens is 3. The zero-order valence-corrected chi connectivity index (χ0v) is 37.9. The standard InChI is InChI=1S/C44H69N7O10.5CH4/c1-12-36-44(8)39(50(42(56)61-44)19-14-13-18-49-25-33(46-47-49)31-16-15-17-32(45)21-31)29(5)51(30(6)52)24-26(2)23-43(7,57-11)37(22-35(53)28(4)40(55)59-36)60-41-38(54)34(48(9)10)20-27(3)58-41;;;;;/h15-17,21,25-29,34,36-39,41,54H,12-14,18-20,22-24,45H2,1-11H3;5*1H4/t26-,27?,28-,29-,34?,36-,37-,38?,39-,41+,43-,44-;;;;;/m1...../s1. The highest BCUT2D eigenvalue weighted by Crippen LogP contribution is 2.41. The van der Waals surface area contributed by atoms with Gasteiger partial charge in [0.1, 0.15) is 29.6 Å². The lowest BCUT2D eigenvalue weighted by atomic mass is 9.82. The van der Waals surface area contributed by atoms with E-state index < -0.39 is 71.7 Å². The third kappa shape index (κ3) is 13.7. The van der Waals surface area contributed by atoms with Crippen LogP contribution in [-0.2, 0) is 44.6 Å². The molecule has 3 aliphatic rings. The maximum Gasteiger partial charge on any atom is 0.410 e. The molecule has 12 atom stereocenters. The number of aliphatic hydroxyl groups is 1. The smallest absolute Gasteiger partial charge is 0.410 e. The van der Waals surface area contributed by atoms with Crippen LogP contribution < -0.4 is 5.73 Å². The minimum atomic E-state index is -1.39. The number of nitrogens with zero attached hydrogens (tertiary/aromatic N) is 6. The van der Waals surface area contributed by atoms with E-state index in [1.54, 1.807) is 21.4 Å². The van der Waals surface area contributed by atoms with Crippen LogP contribution in [0.4, 0.5) is 10.5 Å². The highest BCUT2D eigenvalue weighted by Gasteiger charge is 2.59. The number of fused-ring (bicyclic) bond motifs is 1. The Labute approximate surface area is 397 Å². The van der Waals surface area contributed by atoms with Gasteiger partial charge in [-0.05, 0) is 98.9 Å². The van der Waals surface area contributed by atoms with Crippen LogP contribution >= 0.6 is 0 Å². The van der Waals surface area contributed by atoms with E-state index in [-0.39, 0.29) is 80.5 Å². The van der Waals surface area contributed by atoms with Crippen molar-refractivity contribution < 1.29 is 48.0 Å². The highest BCUT2D eigenvalue weighted by molar-refractivity contribution is 5.99. The molecule has 0 spiro atoms. The number of unbranched alkanes of at least 4 members (excludes halogenated alkanes) is 1. The van der Waals surface area contributed by atoms with Gasteiger partial charge < -0.3 is 44.3 Å². The summed E-state index contributed by atoms with van der Waals surface area (Å²) in [6, 6.07) is 5.84. The van der Waals surface area contributed by atoms with E-state index in [2.05, 4.69) is 10.3 Å². The number of anilines is 1. The number of carbonyl (C=O) groups excluding carboxylic acids is 4. The lowest BCUT2D eigenvalue weighted by molar-refractivity contribution is -0.289. The predicted molar refractivity (Wildman–Crippen MR) is 260 cm³/mol. The van der Waals surface area contributed by atoms with E-state index in [4.69, 9.17) is 29.4 Å². The summed E-state index contributed by atoms with van der Waals surface area (Å²) in [5, 5.41) is 20.0. The number of aliphatic hydroxyl groups excluding tert-OH is 1. The van der Waals surface area contributed by atoms with E-state index in [0.717, 1.165) is 5.56 Å². The van der Waals surface area contributed by atoms with E-state index in [9.17, 15) is 24.3 Å². The SMILES string of the molecule is C.C.C.C.C.CC[C@H]1OC(=O)[C@H](C)C(=O)C[C@@H](O[C@@H]2OC(C)CC(N(C)C)C2O)[C@](C)(OC)C[C@@H](C)CN(C(C)=O)[C@H](C)[C@H]2N(CCCCn3cc(-c4cccc(N)c4)nn3)C(=O)O[C@]12C.